The van der Waals surface area contributed by atoms with E-state index in [0.717, 1.165) is 35.5 Å². The summed E-state index contributed by atoms with van der Waals surface area (Å²) in [5.41, 5.74) is 1.83. The maximum atomic E-state index is 12.8. The molecule has 1 aromatic carbocycles. The van der Waals surface area contributed by atoms with Crippen molar-refractivity contribution in [2.24, 2.45) is 0 Å². The standard InChI is InChI=1S/C17H21N3O3S/c1-24-11-15-18-13-6-2-3-7-14(13)20(15)10-16(21)19-8-4-5-12(19)9-17(22)23/h2-3,6-7,12H,4-5,8-11H2,1H3,(H,22,23). The summed E-state index contributed by atoms with van der Waals surface area (Å²) in [5.74, 6) is 0.742. The summed E-state index contributed by atoms with van der Waals surface area (Å²) < 4.78 is 1.96. The van der Waals surface area contributed by atoms with Crippen molar-refractivity contribution in [1.82, 2.24) is 14.5 Å². The van der Waals surface area contributed by atoms with Crippen LogP contribution in [-0.4, -0.2) is 50.3 Å². The van der Waals surface area contributed by atoms with Crippen LogP contribution in [0.1, 0.15) is 25.1 Å². The Balaban J connectivity index is 1.84. The molecule has 24 heavy (non-hydrogen) atoms. The minimum Gasteiger partial charge on any atom is -0.481 e. The molecule has 128 valence electrons. The molecule has 0 radical (unpaired) electrons. The number of fused-ring (bicyclic) bond motifs is 1. The number of nitrogens with zero attached hydrogens (tertiary/aromatic N) is 3. The summed E-state index contributed by atoms with van der Waals surface area (Å²) in [6.45, 7) is 0.855. The second-order valence-electron chi connectivity index (χ2n) is 6.02. The van der Waals surface area contributed by atoms with Gasteiger partial charge in [0.05, 0.1) is 23.2 Å². The zero-order chi connectivity index (χ0) is 17.1. The summed E-state index contributed by atoms with van der Waals surface area (Å²) in [4.78, 5) is 30.1. The van der Waals surface area contributed by atoms with E-state index < -0.39 is 5.97 Å². The molecule has 2 heterocycles. The van der Waals surface area contributed by atoms with Crippen LogP contribution in [0.25, 0.3) is 11.0 Å². The van der Waals surface area contributed by atoms with Gasteiger partial charge in [0.15, 0.2) is 0 Å². The highest BCUT2D eigenvalue weighted by molar-refractivity contribution is 7.97. The van der Waals surface area contributed by atoms with Crippen LogP contribution in [0.4, 0.5) is 0 Å². The summed E-state index contributed by atoms with van der Waals surface area (Å²) in [6.07, 6.45) is 3.66. The SMILES string of the molecule is CSCc1nc2ccccc2n1CC(=O)N1CCCC1CC(=O)O. The molecule has 1 atom stereocenters. The van der Waals surface area contributed by atoms with Crippen molar-refractivity contribution in [3.05, 3.63) is 30.1 Å². The molecule has 1 N–H and O–H groups in total. The second kappa shape index (κ2) is 7.25. The molecular weight excluding hydrogens is 326 g/mol. The van der Waals surface area contributed by atoms with Gasteiger partial charge in [-0.1, -0.05) is 12.1 Å². The van der Waals surface area contributed by atoms with E-state index in [1.54, 1.807) is 16.7 Å². The lowest BCUT2D eigenvalue weighted by Gasteiger charge is -2.24. The van der Waals surface area contributed by atoms with Crippen LogP contribution in [0.15, 0.2) is 24.3 Å². The number of carbonyl (C=O) groups is 2. The largest absolute Gasteiger partial charge is 0.481 e. The number of rotatable bonds is 6. The van der Waals surface area contributed by atoms with Gasteiger partial charge in [-0.15, -0.1) is 0 Å². The molecule has 1 unspecified atom stereocenters. The van der Waals surface area contributed by atoms with Gasteiger partial charge < -0.3 is 14.6 Å². The highest BCUT2D eigenvalue weighted by Gasteiger charge is 2.30. The average molecular weight is 347 g/mol. The minimum absolute atomic E-state index is 0.0219. The number of benzene rings is 1. The Morgan fingerprint density at radius 2 is 2.17 bits per heavy atom. The zero-order valence-electron chi connectivity index (χ0n) is 13.6. The Bertz CT molecular complexity index is 759. The summed E-state index contributed by atoms with van der Waals surface area (Å²) in [6, 6.07) is 7.61. The van der Waals surface area contributed by atoms with E-state index in [0.29, 0.717) is 6.54 Å². The first-order valence-electron chi connectivity index (χ1n) is 8.04. The lowest BCUT2D eigenvalue weighted by atomic mass is 10.1. The Kier molecular flexibility index (Phi) is 5.08. The summed E-state index contributed by atoms with van der Waals surface area (Å²) >= 11 is 1.67. The van der Waals surface area contributed by atoms with Gasteiger partial charge in [-0.05, 0) is 31.2 Å². The van der Waals surface area contributed by atoms with E-state index in [9.17, 15) is 9.59 Å². The molecule has 0 aliphatic carbocycles. The molecule has 1 aliphatic rings. The van der Waals surface area contributed by atoms with Crippen molar-refractivity contribution in [3.8, 4) is 0 Å². The Hall–Kier alpha value is -2.02. The lowest BCUT2D eigenvalue weighted by Crippen LogP contribution is -2.39. The average Bonchev–Trinajstić information content (AvgIpc) is 3.13. The zero-order valence-corrected chi connectivity index (χ0v) is 14.5. The van der Waals surface area contributed by atoms with Crippen molar-refractivity contribution >= 4 is 34.7 Å². The molecule has 1 aromatic heterocycles. The Morgan fingerprint density at radius 3 is 2.92 bits per heavy atom. The third-order valence-electron chi connectivity index (χ3n) is 4.41. The number of likely N-dealkylation sites (tertiary alicyclic amines) is 1. The van der Waals surface area contributed by atoms with Crippen molar-refractivity contribution in [2.75, 3.05) is 12.8 Å². The van der Waals surface area contributed by atoms with E-state index in [1.807, 2.05) is 35.1 Å². The van der Waals surface area contributed by atoms with E-state index in [1.165, 1.54) is 0 Å². The van der Waals surface area contributed by atoms with Crippen LogP contribution in [-0.2, 0) is 21.9 Å². The predicted molar refractivity (Wildman–Crippen MR) is 93.9 cm³/mol. The molecule has 2 aromatic rings. The van der Waals surface area contributed by atoms with Crippen molar-refractivity contribution in [2.45, 2.75) is 37.6 Å². The molecule has 3 rings (SSSR count). The maximum Gasteiger partial charge on any atom is 0.305 e. The van der Waals surface area contributed by atoms with Crippen molar-refractivity contribution in [1.29, 1.82) is 0 Å². The highest BCUT2D eigenvalue weighted by Crippen LogP contribution is 2.23. The number of carboxylic acid groups (broad SMARTS) is 1. The van der Waals surface area contributed by atoms with E-state index in [4.69, 9.17) is 5.11 Å². The summed E-state index contributed by atoms with van der Waals surface area (Å²) in [7, 11) is 0. The molecular formula is C17H21N3O3S. The third-order valence-corrected chi connectivity index (χ3v) is 4.96. The number of para-hydroxylation sites is 2. The van der Waals surface area contributed by atoms with E-state index in [2.05, 4.69) is 4.98 Å². The summed E-state index contributed by atoms with van der Waals surface area (Å²) in [5, 5.41) is 9.03. The Labute approximate surface area is 144 Å². The fourth-order valence-corrected chi connectivity index (χ4v) is 3.82. The van der Waals surface area contributed by atoms with Gasteiger partial charge in [-0.25, -0.2) is 4.98 Å². The van der Waals surface area contributed by atoms with Gasteiger partial charge in [0.1, 0.15) is 12.4 Å². The first-order chi connectivity index (χ1) is 11.6. The fourth-order valence-electron chi connectivity index (χ4n) is 3.35. The third kappa shape index (κ3) is 3.40. The molecule has 1 aliphatic heterocycles. The number of hydrogen-bond acceptors (Lipinski definition) is 4. The first-order valence-corrected chi connectivity index (χ1v) is 9.44. The number of imidazole rings is 1. The van der Waals surface area contributed by atoms with Crippen LogP contribution in [0.3, 0.4) is 0 Å². The van der Waals surface area contributed by atoms with Crippen LogP contribution in [0.2, 0.25) is 0 Å². The Morgan fingerprint density at radius 1 is 1.38 bits per heavy atom. The predicted octanol–water partition coefficient (Wildman–Crippen LogP) is 2.36. The molecule has 0 saturated carbocycles. The molecule has 0 bridgehead atoms. The highest BCUT2D eigenvalue weighted by atomic mass is 32.2. The lowest BCUT2D eigenvalue weighted by molar-refractivity contribution is -0.140. The molecule has 1 fully saturated rings. The number of aromatic nitrogens is 2. The van der Waals surface area contributed by atoms with Crippen molar-refractivity contribution < 1.29 is 14.7 Å². The normalized spacial score (nSPS) is 17.5. The number of carboxylic acids is 1. The maximum absolute atomic E-state index is 12.8. The number of amides is 1. The van der Waals surface area contributed by atoms with Gasteiger partial charge in [0.25, 0.3) is 0 Å². The van der Waals surface area contributed by atoms with Gasteiger partial charge in [0.2, 0.25) is 5.91 Å². The topological polar surface area (TPSA) is 75.4 Å². The number of carbonyl (C=O) groups excluding carboxylic acids is 1. The number of thioether (sulfide) groups is 1. The van der Waals surface area contributed by atoms with Gasteiger partial charge in [-0.3, -0.25) is 9.59 Å². The van der Waals surface area contributed by atoms with Crippen LogP contribution >= 0.6 is 11.8 Å². The molecule has 1 amide bonds. The first kappa shape index (κ1) is 16.8. The van der Waals surface area contributed by atoms with Crippen LogP contribution in [0.5, 0.6) is 0 Å². The molecule has 7 heteroatoms. The van der Waals surface area contributed by atoms with Gasteiger partial charge >= 0.3 is 5.97 Å². The molecule has 6 nitrogen and oxygen atoms in total. The molecule has 0 spiro atoms. The quantitative estimate of drug-likeness (QED) is 0.868. The fraction of sp³-hybridized carbons (Fsp3) is 0.471. The van der Waals surface area contributed by atoms with Crippen LogP contribution in [0, 0.1) is 0 Å². The van der Waals surface area contributed by atoms with E-state index >= 15 is 0 Å². The number of aliphatic carboxylic acids is 1. The monoisotopic (exact) mass is 347 g/mol. The number of hydrogen-bond donors (Lipinski definition) is 1. The minimum atomic E-state index is -0.851. The van der Waals surface area contributed by atoms with Crippen molar-refractivity contribution in [3.63, 3.8) is 0 Å². The van der Waals surface area contributed by atoms with Crippen LogP contribution < -0.4 is 0 Å². The van der Waals surface area contributed by atoms with Gasteiger partial charge in [-0.2, -0.15) is 11.8 Å². The molecule has 1 saturated heterocycles. The second-order valence-corrected chi connectivity index (χ2v) is 6.88. The van der Waals surface area contributed by atoms with E-state index in [-0.39, 0.29) is 24.9 Å². The smallest absolute Gasteiger partial charge is 0.305 e. The van der Waals surface area contributed by atoms with Gasteiger partial charge in [0, 0.05) is 12.6 Å².